The molecule has 1 aliphatic heterocycles. The van der Waals surface area contributed by atoms with Gasteiger partial charge in [-0.3, -0.25) is 15.0 Å². The smallest absolute Gasteiger partial charge is 0.104 e. The number of rotatable bonds is 17. The second-order valence-electron chi connectivity index (χ2n) is 36.0. The molecule has 10 heteroatoms. The molecule has 2 N–H and O–H groups in total. The third-order valence-corrected chi connectivity index (χ3v) is 16.7. The Hall–Kier alpha value is -6.85. The van der Waals surface area contributed by atoms with Gasteiger partial charge in [-0.05, 0) is 262 Å². The van der Waals surface area contributed by atoms with Crippen molar-refractivity contribution in [1.29, 1.82) is 0 Å². The Kier molecular flexibility index (Phi) is 125. The number of hydrogen-bond donors (Lipinski definition) is 2. The lowest BCUT2D eigenvalue weighted by atomic mass is 9.89. The first-order valence-corrected chi connectivity index (χ1v) is 53.2. The Morgan fingerprint density at radius 1 is 0.354 bits per heavy atom. The first-order valence-electron chi connectivity index (χ1n) is 51.4. The van der Waals surface area contributed by atoms with Crippen LogP contribution < -0.4 is 0 Å². The third kappa shape index (κ3) is 125. The van der Waals surface area contributed by atoms with Crippen LogP contribution in [0.4, 0.5) is 0 Å². The van der Waals surface area contributed by atoms with Crippen LogP contribution in [0.2, 0.25) is 0 Å². The highest BCUT2D eigenvalue weighted by molar-refractivity contribution is 7.09. The summed E-state index contributed by atoms with van der Waals surface area (Å²) < 4.78 is 15.0. The fourth-order valence-electron chi connectivity index (χ4n) is 10.3. The van der Waals surface area contributed by atoms with Crippen molar-refractivity contribution in [2.75, 3.05) is 13.2 Å². The molecule has 11 rings (SSSR count). The van der Waals surface area contributed by atoms with Crippen molar-refractivity contribution < 1.29 is 13.6 Å². The number of nitrogens with zero attached hydrogens (tertiary/aromatic N) is 3. The van der Waals surface area contributed by atoms with Crippen LogP contribution in [0.1, 0.15) is 414 Å². The first kappa shape index (κ1) is 149. The van der Waals surface area contributed by atoms with Crippen molar-refractivity contribution >= 4 is 22.7 Å². The normalized spacial score (nSPS) is 10.1. The quantitative estimate of drug-likeness (QED) is 0.0941. The van der Waals surface area contributed by atoms with Crippen molar-refractivity contribution in [3.63, 3.8) is 0 Å². The van der Waals surface area contributed by atoms with Gasteiger partial charge in [-0.1, -0.05) is 394 Å². The van der Waals surface area contributed by atoms with Gasteiger partial charge in [0.05, 0.1) is 18.8 Å². The number of benzene rings is 1. The van der Waals surface area contributed by atoms with Crippen molar-refractivity contribution in [1.82, 2.24) is 24.9 Å². The van der Waals surface area contributed by atoms with Crippen molar-refractivity contribution in [2.45, 2.75) is 423 Å². The van der Waals surface area contributed by atoms with Crippen LogP contribution in [-0.2, 0) is 68.9 Å². The molecule has 1 aliphatic rings. The minimum Gasteiger partial charge on any atom is -0.472 e. The zero-order valence-electron chi connectivity index (χ0n) is 95.2. The topological polar surface area (TPSA) is 106 Å². The Labute approximate surface area is 821 Å². The maximum atomic E-state index is 5.14. The summed E-state index contributed by atoms with van der Waals surface area (Å²) in [7, 11) is 0. The van der Waals surface area contributed by atoms with E-state index in [1.807, 2.05) is 256 Å². The predicted octanol–water partition coefficient (Wildman–Crippen LogP) is 40.7. The molecule has 0 unspecified atom stereocenters. The summed E-state index contributed by atoms with van der Waals surface area (Å²) >= 11 is 3.63. The van der Waals surface area contributed by atoms with Gasteiger partial charge in [-0.25, -0.2) is 0 Å². The maximum absolute atomic E-state index is 5.14. The van der Waals surface area contributed by atoms with Gasteiger partial charge >= 0.3 is 0 Å². The van der Waals surface area contributed by atoms with Crippen molar-refractivity contribution in [3.8, 4) is 0 Å². The number of H-pyrrole nitrogens is 2. The van der Waals surface area contributed by atoms with Crippen LogP contribution >= 0.6 is 22.7 Å². The lowest BCUT2D eigenvalue weighted by Gasteiger charge is -2.16. The molecule has 0 atom stereocenters. The summed E-state index contributed by atoms with van der Waals surface area (Å²) in [5.74, 6) is 6.39. The molecule has 0 bridgehead atoms. The van der Waals surface area contributed by atoms with Gasteiger partial charge < -0.3 is 23.5 Å². The van der Waals surface area contributed by atoms with Gasteiger partial charge in [-0.15, -0.1) is 11.3 Å². The van der Waals surface area contributed by atoms with Crippen LogP contribution in [0.15, 0.2) is 221 Å². The summed E-state index contributed by atoms with van der Waals surface area (Å²) in [6.07, 6.45) is 35.8. The molecule has 8 nitrogen and oxygen atoms in total. The summed E-state index contributed by atoms with van der Waals surface area (Å²) in [5.41, 5.74) is 12.4. The van der Waals surface area contributed by atoms with Gasteiger partial charge in [0.1, 0.15) is 5.76 Å². The summed E-state index contributed by atoms with van der Waals surface area (Å²) in [6.45, 7) is 106. The van der Waals surface area contributed by atoms with E-state index in [0.29, 0.717) is 33.5 Å². The number of hydrogen-bond acceptors (Lipinski definition) is 8. The highest BCUT2D eigenvalue weighted by Crippen LogP contribution is 2.24. The molecule has 0 aliphatic carbocycles. The predicted molar refractivity (Wildman–Crippen MR) is 601 cm³/mol. The van der Waals surface area contributed by atoms with Crippen LogP contribution in [0.3, 0.4) is 0 Å². The van der Waals surface area contributed by atoms with Crippen molar-refractivity contribution in [3.05, 3.63) is 267 Å². The molecule has 10 heterocycles. The Balaban J connectivity index is -0.000000115. The lowest BCUT2D eigenvalue weighted by molar-refractivity contribution is 0.198. The first-order chi connectivity index (χ1) is 61.8. The monoisotopic (exact) mass is 1840 g/mol. The number of aromatic nitrogens is 5. The van der Waals surface area contributed by atoms with Crippen LogP contribution in [0.5, 0.6) is 0 Å². The number of thiophene rings is 2. The molecule has 1 aromatic carbocycles. The SMILES string of the molecule is C1CCOC1.CC.CC.CC.CC.CC.CC.CC.CC.CC.CC.CC.CC(C)(C)Cc1cc[nH]c1.CC(C)(C)Cc1ccc[nH]1.CC(C)(C)Cc1ccoc1.CC(C)(C)Cc1ccsc1.CC(C)Cc1ccccc1.CC(C)Cc1ccccn1.CC(C)Cc1cccnc1.CC(C)Cc1ccco1.CC(C)Cc1cccs1.CC(C)Cc1ccncc1.CCC(C)C. The average Bonchev–Trinajstić information content (AvgIpc) is 1.81. The van der Waals surface area contributed by atoms with E-state index >= 15 is 0 Å². The molecular weight excluding hydrogens is 1620 g/mol. The van der Waals surface area contributed by atoms with E-state index < -0.39 is 0 Å². The van der Waals surface area contributed by atoms with Gasteiger partial charge in [0.25, 0.3) is 0 Å². The zero-order valence-corrected chi connectivity index (χ0v) is 96.9. The van der Waals surface area contributed by atoms with E-state index in [9.17, 15) is 0 Å². The van der Waals surface area contributed by atoms with E-state index in [-0.39, 0.29) is 0 Å². The molecule has 0 spiro atoms. The molecule has 0 saturated carbocycles. The van der Waals surface area contributed by atoms with E-state index in [1.165, 1.54) is 88.2 Å². The van der Waals surface area contributed by atoms with Crippen LogP contribution in [-0.4, -0.2) is 38.1 Å². The summed E-state index contributed by atoms with van der Waals surface area (Å²) in [6, 6.07) is 43.7. The molecule has 1 fully saturated rings. The fourth-order valence-corrected chi connectivity index (χ4v) is 11.9. The number of aromatic amines is 2. The second-order valence-corrected chi connectivity index (χ2v) is 37.8. The van der Waals surface area contributed by atoms with E-state index in [0.717, 1.165) is 93.5 Å². The average molecular weight is 1850 g/mol. The van der Waals surface area contributed by atoms with Gasteiger partial charge in [0, 0.05) is 85.5 Å². The molecule has 1 saturated heterocycles. The molecule has 10 aromatic rings. The minimum atomic E-state index is 0.365. The molecule has 0 radical (unpaired) electrons. The van der Waals surface area contributed by atoms with E-state index in [1.54, 1.807) is 23.9 Å². The number of nitrogens with one attached hydrogen (secondary N) is 2. The number of pyridine rings is 3. The Bertz CT molecular complexity index is 2990. The van der Waals surface area contributed by atoms with Gasteiger partial charge in [-0.2, -0.15) is 11.3 Å². The molecule has 0 amide bonds. The Morgan fingerprint density at radius 3 is 1.15 bits per heavy atom. The third-order valence-electron chi connectivity index (χ3n) is 15.0. The maximum Gasteiger partial charge on any atom is 0.104 e. The Morgan fingerprint density at radius 2 is 0.808 bits per heavy atom. The number of ether oxygens (including phenoxy) is 1. The van der Waals surface area contributed by atoms with E-state index in [4.69, 9.17) is 13.6 Å². The van der Waals surface area contributed by atoms with Gasteiger partial charge in [0.2, 0.25) is 0 Å². The van der Waals surface area contributed by atoms with E-state index in [2.05, 4.69) is 319 Å². The largest absolute Gasteiger partial charge is 0.472 e. The fraction of sp³-hybridized carbons (Fsp3) is 0.625. The lowest BCUT2D eigenvalue weighted by Crippen LogP contribution is -2.08. The minimum absolute atomic E-state index is 0.365. The van der Waals surface area contributed by atoms with Crippen molar-refractivity contribution in [2.24, 2.45) is 63.1 Å². The zero-order chi connectivity index (χ0) is 103. The molecule has 130 heavy (non-hydrogen) atoms. The van der Waals surface area contributed by atoms with Crippen LogP contribution in [0, 0.1) is 63.1 Å². The molecule has 9 aromatic heterocycles. The van der Waals surface area contributed by atoms with Gasteiger partial charge in [0.15, 0.2) is 0 Å². The highest BCUT2D eigenvalue weighted by Gasteiger charge is 2.14. The molecular formula is C120H221N5O3S2. The second kappa shape index (κ2) is 109. The summed E-state index contributed by atoms with van der Waals surface area (Å²) in [5, 5.41) is 6.50. The standard InChI is InChI=1S/C10H14.2C9H15N.3C9H13N.C9H14O.C9H14S.C8H12O.C8H12S.C5H12.C4H8O.11C2H6/c1-9(2)8-10-6-4-3-5-7-10;1-9(2,3)6-8-4-5-10-7-8;1-9(2,3)7-8-5-4-6-10-8;1-8(2)7-9-3-5-10-6-4-9;1-8(2)6-9-4-3-5-10-7-9;1-8(2)7-9-5-3-4-6-10-9;2*1-9(2,3)6-8-4-5-10-7-8;2*1-7(2)6-8-4-3-5-9-8;1-4-5(2)3;1-2-4-5-3-1;11*1-2/h3-7,9H,8H2,1-2H3;4-5,7,10H,6H2,1-3H3;4-6,10H,7H2,1-3H3;3-6,8H,7H2,1-2H3;3-5,7-8H,6H2,1-2H3;3-6,8H,7H2,1-2H3;2*4-5,7H,6H2,1-3H3;2*3-5,7H,6H2,1-2H3;5H,4H2,1-3H3;1-4H2;11*1-2H3. The molecule has 756 valence electrons. The summed E-state index contributed by atoms with van der Waals surface area (Å²) in [4.78, 5) is 20.0. The highest BCUT2D eigenvalue weighted by atomic mass is 32.1. The number of furan rings is 2. The van der Waals surface area contributed by atoms with Crippen LogP contribution in [0.25, 0.3) is 0 Å².